The first kappa shape index (κ1) is 20.4. The standard InChI is InChI=1S/C20H26N2O5S/c1-5-9-22(15-8-10-28(23,24)13-15)12-18-14(2)27-20(21-18)17-7-6-16(25-3)11-19(17)26-4/h5-7,11,15H,1,8-10,12-13H2,2-4H3. The van der Waals surface area contributed by atoms with E-state index in [0.29, 0.717) is 42.7 Å². The van der Waals surface area contributed by atoms with Crippen molar-refractivity contribution in [1.82, 2.24) is 9.88 Å². The van der Waals surface area contributed by atoms with Gasteiger partial charge in [0, 0.05) is 25.2 Å². The molecule has 1 aliphatic heterocycles. The Kier molecular flexibility index (Phi) is 6.10. The summed E-state index contributed by atoms with van der Waals surface area (Å²) in [5, 5.41) is 0. The first-order valence-corrected chi connectivity index (χ1v) is 10.9. The third kappa shape index (κ3) is 4.39. The van der Waals surface area contributed by atoms with Crippen molar-refractivity contribution in [2.75, 3.05) is 32.3 Å². The van der Waals surface area contributed by atoms with E-state index in [1.165, 1.54) is 0 Å². The molecule has 0 N–H and O–H groups in total. The number of nitrogens with zero attached hydrogens (tertiary/aromatic N) is 2. The van der Waals surface area contributed by atoms with E-state index in [-0.39, 0.29) is 17.5 Å². The number of benzene rings is 1. The van der Waals surface area contributed by atoms with Crippen LogP contribution in [0, 0.1) is 6.92 Å². The lowest BCUT2D eigenvalue weighted by Crippen LogP contribution is -2.36. The Morgan fingerprint density at radius 3 is 2.75 bits per heavy atom. The topological polar surface area (TPSA) is 81.9 Å². The minimum Gasteiger partial charge on any atom is -0.497 e. The smallest absolute Gasteiger partial charge is 0.230 e. The molecule has 0 saturated carbocycles. The average molecular weight is 407 g/mol. The Hall–Kier alpha value is -2.32. The molecule has 0 aliphatic carbocycles. The molecule has 8 heteroatoms. The molecular weight excluding hydrogens is 380 g/mol. The molecule has 1 unspecified atom stereocenters. The van der Waals surface area contributed by atoms with Gasteiger partial charge >= 0.3 is 0 Å². The second-order valence-corrected chi connectivity index (χ2v) is 9.09. The number of sulfone groups is 1. The van der Waals surface area contributed by atoms with Gasteiger partial charge in [0.25, 0.3) is 0 Å². The van der Waals surface area contributed by atoms with Crippen molar-refractivity contribution in [2.45, 2.75) is 25.9 Å². The predicted octanol–water partition coefficient (Wildman–Crippen LogP) is 2.84. The van der Waals surface area contributed by atoms with E-state index in [4.69, 9.17) is 13.9 Å². The molecule has 1 atom stereocenters. The second kappa shape index (κ2) is 8.36. The molecule has 0 spiro atoms. The Morgan fingerprint density at radius 1 is 1.36 bits per heavy atom. The number of aryl methyl sites for hydroxylation is 1. The summed E-state index contributed by atoms with van der Waals surface area (Å²) < 4.78 is 40.3. The summed E-state index contributed by atoms with van der Waals surface area (Å²) in [6.07, 6.45) is 2.42. The summed E-state index contributed by atoms with van der Waals surface area (Å²) in [6.45, 7) is 6.75. The van der Waals surface area contributed by atoms with E-state index in [0.717, 1.165) is 11.3 Å². The fourth-order valence-electron chi connectivity index (χ4n) is 3.43. The van der Waals surface area contributed by atoms with Crippen molar-refractivity contribution < 1.29 is 22.3 Å². The van der Waals surface area contributed by atoms with Crippen LogP contribution in [-0.2, 0) is 16.4 Å². The lowest BCUT2D eigenvalue weighted by Gasteiger charge is -2.25. The SMILES string of the molecule is C=CCN(Cc1nc(-c2ccc(OC)cc2OC)oc1C)C1CCS(=O)(=O)C1. The zero-order chi connectivity index (χ0) is 20.3. The predicted molar refractivity (Wildman–Crippen MR) is 107 cm³/mol. The fourth-order valence-corrected chi connectivity index (χ4v) is 5.19. The van der Waals surface area contributed by atoms with E-state index in [2.05, 4.69) is 16.5 Å². The molecule has 1 fully saturated rings. The van der Waals surface area contributed by atoms with Crippen LogP contribution in [0.15, 0.2) is 35.3 Å². The number of hydrogen-bond donors (Lipinski definition) is 0. The van der Waals surface area contributed by atoms with Crippen molar-refractivity contribution >= 4 is 9.84 Å². The van der Waals surface area contributed by atoms with Gasteiger partial charge in [-0.2, -0.15) is 0 Å². The molecule has 2 aromatic rings. The van der Waals surface area contributed by atoms with Gasteiger partial charge in [-0.15, -0.1) is 6.58 Å². The highest BCUT2D eigenvalue weighted by Crippen LogP contribution is 2.34. The molecule has 7 nitrogen and oxygen atoms in total. The third-order valence-electron chi connectivity index (χ3n) is 4.97. The first-order chi connectivity index (χ1) is 13.4. The minimum absolute atomic E-state index is 0.0296. The van der Waals surface area contributed by atoms with E-state index < -0.39 is 9.84 Å². The quantitative estimate of drug-likeness (QED) is 0.624. The van der Waals surface area contributed by atoms with Crippen LogP contribution in [0.25, 0.3) is 11.5 Å². The number of methoxy groups -OCH3 is 2. The van der Waals surface area contributed by atoms with Crippen LogP contribution >= 0.6 is 0 Å². The van der Waals surface area contributed by atoms with Gasteiger partial charge in [-0.25, -0.2) is 13.4 Å². The van der Waals surface area contributed by atoms with Crippen LogP contribution in [0.3, 0.4) is 0 Å². The Labute approximate surface area is 165 Å². The maximum atomic E-state index is 11.9. The number of hydrogen-bond acceptors (Lipinski definition) is 7. The number of oxazole rings is 1. The largest absolute Gasteiger partial charge is 0.497 e. The average Bonchev–Trinajstić information content (AvgIpc) is 3.22. The van der Waals surface area contributed by atoms with Crippen LogP contribution < -0.4 is 9.47 Å². The van der Waals surface area contributed by atoms with Crippen LogP contribution in [0.5, 0.6) is 11.5 Å². The summed E-state index contributed by atoms with van der Waals surface area (Å²) in [6, 6.07) is 5.42. The van der Waals surface area contributed by atoms with Crippen molar-refractivity contribution in [2.24, 2.45) is 0 Å². The highest BCUT2D eigenvalue weighted by Gasteiger charge is 2.32. The van der Waals surface area contributed by atoms with Crippen LogP contribution in [-0.4, -0.2) is 56.6 Å². The summed E-state index contributed by atoms with van der Waals surface area (Å²) in [5.41, 5.74) is 1.51. The molecule has 2 heterocycles. The lowest BCUT2D eigenvalue weighted by atomic mass is 10.2. The van der Waals surface area contributed by atoms with Gasteiger partial charge < -0.3 is 13.9 Å². The molecule has 1 aromatic carbocycles. The molecule has 0 radical (unpaired) electrons. The zero-order valence-corrected chi connectivity index (χ0v) is 17.3. The van der Waals surface area contributed by atoms with E-state index in [9.17, 15) is 8.42 Å². The van der Waals surface area contributed by atoms with Gasteiger partial charge in [0.05, 0.1) is 37.0 Å². The monoisotopic (exact) mass is 406 g/mol. The Balaban J connectivity index is 1.86. The van der Waals surface area contributed by atoms with Crippen LogP contribution in [0.1, 0.15) is 17.9 Å². The molecule has 28 heavy (non-hydrogen) atoms. The number of rotatable bonds is 8. The summed E-state index contributed by atoms with van der Waals surface area (Å²) in [5.74, 6) is 2.86. The van der Waals surface area contributed by atoms with Gasteiger partial charge in [-0.1, -0.05) is 6.08 Å². The Bertz CT molecular complexity index is 952. The summed E-state index contributed by atoms with van der Waals surface area (Å²) in [7, 11) is 0.218. The Morgan fingerprint density at radius 2 is 2.14 bits per heavy atom. The molecule has 0 bridgehead atoms. The maximum absolute atomic E-state index is 11.9. The highest BCUT2D eigenvalue weighted by atomic mass is 32.2. The summed E-state index contributed by atoms with van der Waals surface area (Å²) in [4.78, 5) is 6.76. The maximum Gasteiger partial charge on any atom is 0.230 e. The number of aromatic nitrogens is 1. The number of ether oxygens (including phenoxy) is 2. The summed E-state index contributed by atoms with van der Waals surface area (Å²) >= 11 is 0. The van der Waals surface area contributed by atoms with E-state index >= 15 is 0 Å². The zero-order valence-electron chi connectivity index (χ0n) is 16.5. The molecular formula is C20H26N2O5S. The molecule has 152 valence electrons. The van der Waals surface area contributed by atoms with Crippen molar-refractivity contribution in [3.05, 3.63) is 42.3 Å². The molecule has 1 aliphatic rings. The van der Waals surface area contributed by atoms with Crippen molar-refractivity contribution in [3.63, 3.8) is 0 Å². The first-order valence-electron chi connectivity index (χ1n) is 9.11. The molecule has 3 rings (SSSR count). The third-order valence-corrected chi connectivity index (χ3v) is 6.72. The fraction of sp³-hybridized carbons (Fsp3) is 0.450. The van der Waals surface area contributed by atoms with Crippen LogP contribution in [0.4, 0.5) is 0 Å². The highest BCUT2D eigenvalue weighted by molar-refractivity contribution is 7.91. The van der Waals surface area contributed by atoms with E-state index in [1.807, 2.05) is 19.1 Å². The van der Waals surface area contributed by atoms with Gasteiger partial charge in [-0.3, -0.25) is 4.90 Å². The van der Waals surface area contributed by atoms with Gasteiger partial charge in [0.15, 0.2) is 9.84 Å². The second-order valence-electron chi connectivity index (χ2n) is 6.86. The van der Waals surface area contributed by atoms with Gasteiger partial charge in [0.1, 0.15) is 17.3 Å². The van der Waals surface area contributed by atoms with E-state index in [1.54, 1.807) is 26.4 Å². The van der Waals surface area contributed by atoms with Crippen molar-refractivity contribution in [1.29, 1.82) is 0 Å². The molecule has 0 amide bonds. The normalized spacial score (nSPS) is 18.4. The van der Waals surface area contributed by atoms with Gasteiger partial charge in [0.2, 0.25) is 5.89 Å². The lowest BCUT2D eigenvalue weighted by molar-refractivity contribution is 0.223. The molecule has 1 saturated heterocycles. The van der Waals surface area contributed by atoms with Gasteiger partial charge in [-0.05, 0) is 25.5 Å². The van der Waals surface area contributed by atoms with Crippen molar-refractivity contribution in [3.8, 4) is 23.0 Å². The van der Waals surface area contributed by atoms with Crippen LogP contribution in [0.2, 0.25) is 0 Å². The molecule has 1 aromatic heterocycles. The minimum atomic E-state index is -2.96.